The highest BCUT2D eigenvalue weighted by Gasteiger charge is 2.15. The van der Waals surface area contributed by atoms with E-state index in [9.17, 15) is 14.9 Å². The number of nitro benzene ring substituents is 1. The first-order valence-electron chi connectivity index (χ1n) is 10.0. The molecule has 160 valence electrons. The molecule has 0 atom stereocenters. The lowest BCUT2D eigenvalue weighted by atomic mass is 10.1. The van der Waals surface area contributed by atoms with Crippen LogP contribution in [-0.2, 0) is 0 Å². The molecular formula is C24H16N6O3. The van der Waals surface area contributed by atoms with Crippen LogP contribution in [0.1, 0.15) is 10.4 Å². The zero-order valence-electron chi connectivity index (χ0n) is 17.1. The molecule has 0 bridgehead atoms. The Morgan fingerprint density at radius 2 is 1.76 bits per heavy atom. The van der Waals surface area contributed by atoms with Crippen LogP contribution in [0.2, 0.25) is 0 Å². The number of hydrogen-bond donors (Lipinski definition) is 0. The predicted molar refractivity (Wildman–Crippen MR) is 123 cm³/mol. The van der Waals surface area contributed by atoms with E-state index in [1.54, 1.807) is 41.2 Å². The summed E-state index contributed by atoms with van der Waals surface area (Å²) in [5.74, 6) is -0.374. The van der Waals surface area contributed by atoms with Crippen LogP contribution in [0.3, 0.4) is 0 Å². The number of non-ortho nitro benzene ring substituents is 1. The molecule has 0 amide bonds. The second-order valence-electron chi connectivity index (χ2n) is 7.18. The van der Waals surface area contributed by atoms with Crippen molar-refractivity contribution in [3.05, 3.63) is 107 Å². The number of benzene rings is 3. The molecule has 5 rings (SSSR count). The van der Waals surface area contributed by atoms with E-state index in [4.69, 9.17) is 0 Å². The van der Waals surface area contributed by atoms with Gasteiger partial charge in [-0.2, -0.15) is 9.78 Å². The van der Waals surface area contributed by atoms with Gasteiger partial charge in [0.2, 0.25) is 0 Å². The van der Waals surface area contributed by atoms with E-state index in [1.165, 1.54) is 22.9 Å². The highest BCUT2D eigenvalue weighted by molar-refractivity contribution is 5.98. The lowest BCUT2D eigenvalue weighted by molar-refractivity contribution is -0.384. The van der Waals surface area contributed by atoms with Crippen LogP contribution in [0.25, 0.3) is 34.1 Å². The number of allylic oxidation sites excluding steroid dienone is 1. The van der Waals surface area contributed by atoms with Gasteiger partial charge in [-0.3, -0.25) is 14.9 Å². The Morgan fingerprint density at radius 3 is 2.58 bits per heavy atom. The highest BCUT2D eigenvalue weighted by atomic mass is 16.6. The van der Waals surface area contributed by atoms with Crippen LogP contribution >= 0.6 is 0 Å². The third-order valence-electron chi connectivity index (χ3n) is 5.06. The zero-order valence-corrected chi connectivity index (χ0v) is 17.1. The van der Waals surface area contributed by atoms with Gasteiger partial charge in [0.1, 0.15) is 11.2 Å². The fourth-order valence-corrected chi connectivity index (χ4v) is 3.48. The monoisotopic (exact) mass is 436 g/mol. The Labute approximate surface area is 187 Å². The summed E-state index contributed by atoms with van der Waals surface area (Å²) in [7, 11) is 0. The van der Waals surface area contributed by atoms with Crippen molar-refractivity contribution in [2.45, 2.75) is 0 Å². The van der Waals surface area contributed by atoms with Gasteiger partial charge in [0.25, 0.3) is 11.6 Å². The molecule has 2 aromatic heterocycles. The van der Waals surface area contributed by atoms with E-state index in [-0.39, 0.29) is 11.6 Å². The Morgan fingerprint density at radius 1 is 0.970 bits per heavy atom. The molecule has 9 nitrogen and oxygen atoms in total. The second kappa shape index (κ2) is 8.31. The van der Waals surface area contributed by atoms with E-state index in [0.717, 1.165) is 5.69 Å². The predicted octanol–water partition coefficient (Wildman–Crippen LogP) is 4.55. The molecule has 0 N–H and O–H groups in total. The van der Waals surface area contributed by atoms with Crippen LogP contribution in [0.4, 0.5) is 5.69 Å². The number of fused-ring (bicyclic) bond motifs is 1. The molecule has 2 heterocycles. The van der Waals surface area contributed by atoms with Gasteiger partial charge >= 0.3 is 0 Å². The van der Waals surface area contributed by atoms with Crippen LogP contribution in [-0.4, -0.2) is 35.6 Å². The van der Waals surface area contributed by atoms with Gasteiger partial charge < -0.3 is 0 Å². The maximum absolute atomic E-state index is 12.8. The second-order valence-corrected chi connectivity index (χ2v) is 7.18. The quantitative estimate of drug-likeness (QED) is 0.227. The summed E-state index contributed by atoms with van der Waals surface area (Å²) in [6.07, 6.45) is 4.78. The van der Waals surface area contributed by atoms with Crippen molar-refractivity contribution in [1.82, 2.24) is 24.8 Å². The molecule has 0 unspecified atom stereocenters. The molecule has 3 aromatic carbocycles. The van der Waals surface area contributed by atoms with Gasteiger partial charge in [-0.15, -0.1) is 5.10 Å². The third kappa shape index (κ3) is 3.90. The molecule has 0 aliphatic rings. The molecule has 33 heavy (non-hydrogen) atoms. The first kappa shape index (κ1) is 20.0. The van der Waals surface area contributed by atoms with Gasteiger partial charge in [-0.25, -0.2) is 4.68 Å². The first-order chi connectivity index (χ1) is 16.1. The number of carbonyl (C=O) groups is 1. The van der Waals surface area contributed by atoms with Crippen molar-refractivity contribution in [3.63, 3.8) is 0 Å². The molecule has 0 saturated carbocycles. The normalized spacial score (nSPS) is 11.3. The minimum absolute atomic E-state index is 0.0400. The lowest BCUT2D eigenvalue weighted by Crippen LogP contribution is -2.08. The van der Waals surface area contributed by atoms with Crippen LogP contribution in [0, 0.1) is 10.1 Å². The van der Waals surface area contributed by atoms with Crippen LogP contribution < -0.4 is 0 Å². The minimum Gasteiger partial charge on any atom is -0.267 e. The summed E-state index contributed by atoms with van der Waals surface area (Å²) in [6.45, 7) is 0. The Hall–Kier alpha value is -4.92. The van der Waals surface area contributed by atoms with Crippen molar-refractivity contribution >= 4 is 28.7 Å². The van der Waals surface area contributed by atoms with E-state index in [2.05, 4.69) is 15.4 Å². The van der Waals surface area contributed by atoms with Crippen molar-refractivity contribution in [3.8, 4) is 16.9 Å². The Balaban J connectivity index is 1.57. The topological polar surface area (TPSA) is 109 Å². The number of rotatable bonds is 5. The summed E-state index contributed by atoms with van der Waals surface area (Å²) in [6, 6.07) is 22.9. The van der Waals surface area contributed by atoms with Crippen LogP contribution in [0.5, 0.6) is 0 Å². The van der Waals surface area contributed by atoms with E-state index in [1.807, 2.05) is 42.5 Å². The molecule has 0 saturated heterocycles. The fourth-order valence-electron chi connectivity index (χ4n) is 3.48. The summed E-state index contributed by atoms with van der Waals surface area (Å²) in [4.78, 5) is 23.6. The van der Waals surface area contributed by atoms with Crippen molar-refractivity contribution in [2.75, 3.05) is 0 Å². The van der Waals surface area contributed by atoms with Gasteiger partial charge in [-0.05, 0) is 30.3 Å². The molecule has 0 spiro atoms. The lowest BCUT2D eigenvalue weighted by Gasteiger charge is -2.01. The van der Waals surface area contributed by atoms with Gasteiger partial charge in [0, 0.05) is 35.5 Å². The Bertz CT molecular complexity index is 1520. The minimum atomic E-state index is -0.452. The SMILES string of the molecule is O=C(/C=C/c1cn(-c2ccccc2)nc1-c1cccc([N+](=O)[O-])c1)n1nnc2ccccc21. The molecule has 5 aromatic rings. The number of nitrogens with zero attached hydrogens (tertiary/aromatic N) is 6. The maximum Gasteiger partial charge on any atom is 0.272 e. The number of carbonyl (C=O) groups excluding carboxylic acids is 1. The zero-order chi connectivity index (χ0) is 22.8. The number of nitro groups is 1. The molecule has 0 radical (unpaired) electrons. The van der Waals surface area contributed by atoms with E-state index < -0.39 is 4.92 Å². The number of aromatic nitrogens is 5. The Kier molecular flexibility index (Phi) is 5.04. The van der Waals surface area contributed by atoms with Crippen LogP contribution in [0.15, 0.2) is 91.1 Å². The molecular weight excluding hydrogens is 420 g/mol. The summed E-state index contributed by atoms with van der Waals surface area (Å²) in [5, 5.41) is 23.8. The number of para-hydroxylation sites is 2. The molecule has 0 aliphatic heterocycles. The largest absolute Gasteiger partial charge is 0.272 e. The molecule has 9 heteroatoms. The molecule has 0 aliphatic carbocycles. The maximum atomic E-state index is 12.8. The standard InChI is InChI=1S/C24H16N6O3/c31-23(29-22-12-5-4-11-21(22)25-27-29)14-13-18-16-28(19-8-2-1-3-9-19)26-24(18)17-7-6-10-20(15-17)30(32)33/h1-16H/b14-13+. The fraction of sp³-hybridized carbons (Fsp3) is 0. The van der Waals surface area contributed by atoms with Crippen molar-refractivity contribution in [2.24, 2.45) is 0 Å². The average Bonchev–Trinajstić information content (AvgIpc) is 3.48. The van der Waals surface area contributed by atoms with E-state index in [0.29, 0.717) is 27.9 Å². The smallest absolute Gasteiger partial charge is 0.267 e. The van der Waals surface area contributed by atoms with Gasteiger partial charge in [-0.1, -0.05) is 47.7 Å². The third-order valence-corrected chi connectivity index (χ3v) is 5.06. The summed E-state index contributed by atoms with van der Waals surface area (Å²) in [5.41, 5.74) is 3.70. The van der Waals surface area contributed by atoms with Gasteiger partial charge in [0.05, 0.1) is 16.1 Å². The first-order valence-corrected chi connectivity index (χ1v) is 10.0. The molecule has 0 fully saturated rings. The number of hydrogen-bond acceptors (Lipinski definition) is 6. The van der Waals surface area contributed by atoms with E-state index >= 15 is 0 Å². The summed E-state index contributed by atoms with van der Waals surface area (Å²) >= 11 is 0. The van der Waals surface area contributed by atoms with Gasteiger partial charge in [0.15, 0.2) is 0 Å². The van der Waals surface area contributed by atoms with Crippen molar-refractivity contribution < 1.29 is 9.72 Å². The summed E-state index contributed by atoms with van der Waals surface area (Å²) < 4.78 is 2.89. The highest BCUT2D eigenvalue weighted by Crippen LogP contribution is 2.28. The average molecular weight is 436 g/mol. The van der Waals surface area contributed by atoms with Crippen molar-refractivity contribution in [1.29, 1.82) is 0 Å².